The van der Waals surface area contributed by atoms with Crippen molar-refractivity contribution >= 4 is 22.7 Å². The first-order valence-corrected chi connectivity index (χ1v) is 10.7. The first-order valence-electron chi connectivity index (χ1n) is 9.03. The lowest BCUT2D eigenvalue weighted by atomic mass is 10.0. The van der Waals surface area contributed by atoms with Gasteiger partial charge in [-0.1, -0.05) is 60.7 Å². The molecule has 1 spiro atoms. The van der Waals surface area contributed by atoms with Crippen LogP contribution in [0.5, 0.6) is 0 Å². The summed E-state index contributed by atoms with van der Waals surface area (Å²) in [4.78, 5) is 5.11. The number of benzene rings is 2. The van der Waals surface area contributed by atoms with E-state index in [-0.39, 0.29) is 0 Å². The fourth-order valence-electron chi connectivity index (χ4n) is 3.97. The van der Waals surface area contributed by atoms with E-state index in [9.17, 15) is 0 Å². The molecule has 0 unspecified atom stereocenters. The molecule has 1 saturated heterocycles. The van der Waals surface area contributed by atoms with Crippen LogP contribution in [0.25, 0.3) is 30.6 Å². The molecule has 2 aromatic heterocycles. The fourth-order valence-corrected chi connectivity index (χ4v) is 6.53. The van der Waals surface area contributed by atoms with E-state index < -0.39 is 5.79 Å². The molecule has 2 nitrogen and oxygen atoms in total. The summed E-state index contributed by atoms with van der Waals surface area (Å²) in [6.07, 6.45) is 0. The second-order valence-electron chi connectivity index (χ2n) is 6.75. The largest absolute Gasteiger partial charge is 0.340 e. The summed E-state index contributed by atoms with van der Waals surface area (Å²) in [6.45, 7) is 1.26. The number of hydrogen-bond donors (Lipinski definition) is 0. The van der Waals surface area contributed by atoms with Crippen molar-refractivity contribution in [2.45, 2.75) is 5.79 Å². The Morgan fingerprint density at radius 3 is 1.52 bits per heavy atom. The number of hydrogen-bond acceptors (Lipinski definition) is 4. The van der Waals surface area contributed by atoms with Crippen LogP contribution in [0.2, 0.25) is 0 Å². The second-order valence-corrected chi connectivity index (χ2v) is 8.86. The van der Waals surface area contributed by atoms with Gasteiger partial charge in [0.25, 0.3) is 0 Å². The van der Waals surface area contributed by atoms with Gasteiger partial charge in [-0.05, 0) is 23.3 Å². The van der Waals surface area contributed by atoms with Crippen molar-refractivity contribution in [3.8, 4) is 30.6 Å². The highest BCUT2D eigenvalue weighted by Crippen LogP contribution is 2.60. The molecular formula is C23H16O2S2. The third-order valence-electron chi connectivity index (χ3n) is 5.19. The van der Waals surface area contributed by atoms with E-state index in [1.807, 2.05) is 22.7 Å². The van der Waals surface area contributed by atoms with E-state index in [1.54, 1.807) is 0 Å². The zero-order chi connectivity index (χ0) is 17.8. The van der Waals surface area contributed by atoms with Gasteiger partial charge >= 0.3 is 0 Å². The first kappa shape index (κ1) is 15.8. The van der Waals surface area contributed by atoms with Crippen molar-refractivity contribution in [1.82, 2.24) is 0 Å². The van der Waals surface area contributed by atoms with Crippen molar-refractivity contribution in [3.63, 3.8) is 0 Å². The maximum Gasteiger partial charge on any atom is 0.225 e. The SMILES string of the molecule is c1ccc(-c2cc3c(s2)-c2sc(-c4ccccc4)cc2C32OCCO2)cc1. The lowest BCUT2D eigenvalue weighted by Gasteiger charge is -2.23. The van der Waals surface area contributed by atoms with Crippen molar-refractivity contribution in [3.05, 3.63) is 83.9 Å². The molecule has 0 radical (unpaired) electrons. The topological polar surface area (TPSA) is 18.5 Å². The molecule has 0 saturated carbocycles. The lowest BCUT2D eigenvalue weighted by Crippen LogP contribution is -2.25. The number of thiophene rings is 2. The molecule has 4 aromatic rings. The molecule has 0 N–H and O–H groups in total. The highest BCUT2D eigenvalue weighted by Gasteiger charge is 2.51. The zero-order valence-corrected chi connectivity index (χ0v) is 16.1. The molecule has 0 amide bonds. The molecule has 1 fully saturated rings. The molecule has 2 aliphatic rings. The molecule has 3 heterocycles. The van der Waals surface area contributed by atoms with Crippen LogP contribution in [0.4, 0.5) is 0 Å². The van der Waals surface area contributed by atoms with Crippen molar-refractivity contribution < 1.29 is 9.47 Å². The van der Waals surface area contributed by atoms with Gasteiger partial charge in [-0.25, -0.2) is 0 Å². The second kappa shape index (κ2) is 5.88. The van der Waals surface area contributed by atoms with E-state index >= 15 is 0 Å². The summed E-state index contributed by atoms with van der Waals surface area (Å²) in [6, 6.07) is 25.6. The van der Waals surface area contributed by atoms with Crippen LogP contribution in [0, 0.1) is 0 Å². The Hall–Kier alpha value is -2.24. The quantitative estimate of drug-likeness (QED) is 0.397. The molecule has 1 aliphatic carbocycles. The highest BCUT2D eigenvalue weighted by molar-refractivity contribution is 7.25. The van der Waals surface area contributed by atoms with Gasteiger partial charge in [-0.15, -0.1) is 22.7 Å². The Labute approximate surface area is 165 Å². The van der Waals surface area contributed by atoms with E-state index in [2.05, 4.69) is 72.8 Å². The highest BCUT2D eigenvalue weighted by atomic mass is 32.1. The summed E-state index contributed by atoms with van der Waals surface area (Å²) in [5.74, 6) is -0.724. The Balaban J connectivity index is 1.55. The van der Waals surface area contributed by atoms with E-state index in [1.165, 1.54) is 41.8 Å². The van der Waals surface area contributed by atoms with Crippen LogP contribution >= 0.6 is 22.7 Å². The van der Waals surface area contributed by atoms with E-state index in [0.29, 0.717) is 13.2 Å². The monoisotopic (exact) mass is 388 g/mol. The van der Waals surface area contributed by atoms with Crippen molar-refractivity contribution in [2.75, 3.05) is 13.2 Å². The minimum Gasteiger partial charge on any atom is -0.340 e. The average Bonchev–Trinajstić information content (AvgIpc) is 3.48. The maximum atomic E-state index is 6.24. The van der Waals surface area contributed by atoms with Crippen LogP contribution < -0.4 is 0 Å². The Morgan fingerprint density at radius 2 is 1.07 bits per heavy atom. The number of rotatable bonds is 2. The molecule has 132 valence electrons. The van der Waals surface area contributed by atoms with Crippen LogP contribution in [0.3, 0.4) is 0 Å². The van der Waals surface area contributed by atoms with Crippen molar-refractivity contribution in [2.24, 2.45) is 0 Å². The molecule has 27 heavy (non-hydrogen) atoms. The predicted octanol–water partition coefficient (Wildman–Crippen LogP) is 6.37. The molecule has 1 aliphatic heterocycles. The van der Waals surface area contributed by atoms with Gasteiger partial charge in [0, 0.05) is 20.9 Å². The number of ether oxygens (including phenoxy) is 2. The van der Waals surface area contributed by atoms with Gasteiger partial charge in [0.15, 0.2) is 0 Å². The van der Waals surface area contributed by atoms with Gasteiger partial charge in [0.05, 0.1) is 23.0 Å². The van der Waals surface area contributed by atoms with E-state index in [0.717, 1.165) is 0 Å². The standard InChI is InChI=1S/C23H16O2S2/c1-3-7-15(8-4-1)19-13-17-21(26-19)22-18(23(17)24-11-12-25-23)14-20(27-22)16-9-5-2-6-10-16/h1-10,13-14H,11-12H2. The molecule has 4 heteroatoms. The van der Waals surface area contributed by atoms with Gasteiger partial charge in [-0.3, -0.25) is 0 Å². The third kappa shape index (κ3) is 2.25. The minimum absolute atomic E-state index is 0.631. The normalized spacial score (nSPS) is 16.6. The smallest absolute Gasteiger partial charge is 0.225 e. The molecule has 2 aromatic carbocycles. The Kier molecular flexibility index (Phi) is 3.44. The van der Waals surface area contributed by atoms with Gasteiger partial charge in [0.2, 0.25) is 5.79 Å². The summed E-state index contributed by atoms with van der Waals surface area (Å²) < 4.78 is 12.5. The lowest BCUT2D eigenvalue weighted by molar-refractivity contribution is -0.126. The first-order chi connectivity index (χ1) is 13.4. The van der Waals surface area contributed by atoms with Crippen LogP contribution in [-0.2, 0) is 15.3 Å². The summed E-state index contributed by atoms with van der Waals surface area (Å²) in [5.41, 5.74) is 4.83. The van der Waals surface area contributed by atoms with Crippen molar-refractivity contribution in [1.29, 1.82) is 0 Å². The Morgan fingerprint density at radius 1 is 0.630 bits per heavy atom. The fraction of sp³-hybridized carbons (Fsp3) is 0.130. The molecule has 0 atom stereocenters. The average molecular weight is 389 g/mol. The Bertz CT molecular complexity index is 1030. The maximum absolute atomic E-state index is 6.24. The van der Waals surface area contributed by atoms with Gasteiger partial charge in [0.1, 0.15) is 0 Å². The van der Waals surface area contributed by atoms with Crippen LogP contribution in [0.1, 0.15) is 11.1 Å². The van der Waals surface area contributed by atoms with Crippen LogP contribution in [-0.4, -0.2) is 13.2 Å². The van der Waals surface area contributed by atoms with Gasteiger partial charge in [-0.2, -0.15) is 0 Å². The molecule has 0 bridgehead atoms. The summed E-state index contributed by atoms with van der Waals surface area (Å²) in [5, 5.41) is 0. The molecular weight excluding hydrogens is 372 g/mol. The zero-order valence-electron chi connectivity index (χ0n) is 14.5. The minimum atomic E-state index is -0.724. The van der Waals surface area contributed by atoms with E-state index in [4.69, 9.17) is 9.47 Å². The molecule has 6 rings (SSSR count). The van der Waals surface area contributed by atoms with Gasteiger partial charge < -0.3 is 9.47 Å². The number of fused-ring (bicyclic) bond motifs is 5. The van der Waals surface area contributed by atoms with Crippen LogP contribution in [0.15, 0.2) is 72.8 Å². The predicted molar refractivity (Wildman–Crippen MR) is 111 cm³/mol. The summed E-state index contributed by atoms with van der Waals surface area (Å²) in [7, 11) is 0. The summed E-state index contributed by atoms with van der Waals surface area (Å²) >= 11 is 3.68. The third-order valence-corrected chi connectivity index (χ3v) is 7.72.